The van der Waals surface area contributed by atoms with Crippen LogP contribution in [0.5, 0.6) is 5.75 Å². The summed E-state index contributed by atoms with van der Waals surface area (Å²) < 4.78 is 5.60. The number of hydrogen-bond donors (Lipinski definition) is 0. The van der Waals surface area contributed by atoms with Crippen molar-refractivity contribution in [2.24, 2.45) is 0 Å². The Morgan fingerprint density at radius 1 is 1.11 bits per heavy atom. The Balaban J connectivity index is 1.15. The number of rotatable bonds is 6. The average molecular weight is 489 g/mol. The SMILES string of the molecule is CC(=O)N(c1ccccc1)c1nc(/C=C/C(=O)N2CCN(Cc3ccc4c(c3)CCO4)CC2)cs1. The molecule has 1 aromatic heterocycles. The topological polar surface area (TPSA) is 66.0 Å². The molecule has 2 aromatic carbocycles. The van der Waals surface area contributed by atoms with E-state index in [1.165, 1.54) is 29.4 Å². The van der Waals surface area contributed by atoms with Gasteiger partial charge in [0.2, 0.25) is 11.8 Å². The van der Waals surface area contributed by atoms with Crippen molar-refractivity contribution in [1.82, 2.24) is 14.8 Å². The third-order valence-corrected chi connectivity index (χ3v) is 7.12. The van der Waals surface area contributed by atoms with Gasteiger partial charge in [0.25, 0.3) is 0 Å². The largest absolute Gasteiger partial charge is 0.493 e. The van der Waals surface area contributed by atoms with Crippen LogP contribution in [0, 0.1) is 0 Å². The first-order valence-electron chi connectivity index (χ1n) is 11.8. The predicted molar refractivity (Wildman–Crippen MR) is 138 cm³/mol. The predicted octanol–water partition coefficient (Wildman–Crippen LogP) is 4.12. The van der Waals surface area contributed by atoms with E-state index in [1.807, 2.05) is 40.6 Å². The van der Waals surface area contributed by atoms with Crippen LogP contribution in [0.2, 0.25) is 0 Å². The molecule has 180 valence electrons. The highest BCUT2D eigenvalue weighted by molar-refractivity contribution is 7.14. The molecule has 0 N–H and O–H groups in total. The molecule has 3 aromatic rings. The minimum atomic E-state index is -0.108. The minimum Gasteiger partial charge on any atom is -0.493 e. The summed E-state index contributed by atoms with van der Waals surface area (Å²) in [5, 5.41) is 2.44. The molecular formula is C27H28N4O3S. The number of thiazole rings is 1. The summed E-state index contributed by atoms with van der Waals surface area (Å²) in [5.41, 5.74) is 4.03. The molecule has 0 bridgehead atoms. The second kappa shape index (κ2) is 10.4. The van der Waals surface area contributed by atoms with Crippen molar-refractivity contribution < 1.29 is 14.3 Å². The lowest BCUT2D eigenvalue weighted by molar-refractivity contribution is -0.127. The van der Waals surface area contributed by atoms with Crippen LogP contribution in [0.4, 0.5) is 10.8 Å². The zero-order valence-electron chi connectivity index (χ0n) is 19.7. The summed E-state index contributed by atoms with van der Waals surface area (Å²) in [5.74, 6) is 0.890. The number of amides is 2. The standard InChI is InChI=1S/C27H28N4O3S/c1-20(32)31(24-5-3-2-4-6-24)27-28-23(19-35-27)8-10-26(33)30-14-12-29(13-15-30)18-21-7-9-25-22(17-21)11-16-34-25/h2-10,17,19H,11-16,18H2,1H3/b10-8+. The van der Waals surface area contributed by atoms with Crippen molar-refractivity contribution in [3.05, 3.63) is 76.8 Å². The van der Waals surface area contributed by atoms with Gasteiger partial charge in [-0.15, -0.1) is 11.3 Å². The van der Waals surface area contributed by atoms with Crippen LogP contribution in [0.15, 0.2) is 60.0 Å². The molecule has 2 aliphatic rings. The van der Waals surface area contributed by atoms with Crippen LogP contribution in [-0.2, 0) is 22.6 Å². The van der Waals surface area contributed by atoms with Crippen LogP contribution < -0.4 is 9.64 Å². The van der Waals surface area contributed by atoms with Gasteiger partial charge in [-0.1, -0.05) is 30.3 Å². The molecule has 35 heavy (non-hydrogen) atoms. The number of anilines is 2. The zero-order valence-corrected chi connectivity index (χ0v) is 20.5. The van der Waals surface area contributed by atoms with Gasteiger partial charge in [-0.05, 0) is 35.4 Å². The van der Waals surface area contributed by atoms with E-state index in [9.17, 15) is 9.59 Å². The van der Waals surface area contributed by atoms with E-state index in [0.717, 1.165) is 44.1 Å². The summed E-state index contributed by atoms with van der Waals surface area (Å²) >= 11 is 1.38. The summed E-state index contributed by atoms with van der Waals surface area (Å²) in [6.07, 6.45) is 4.29. The molecule has 0 aliphatic carbocycles. The Morgan fingerprint density at radius 2 is 1.91 bits per heavy atom. The minimum absolute atomic E-state index is 0.0136. The number of fused-ring (bicyclic) bond motifs is 1. The molecule has 0 atom stereocenters. The fraction of sp³-hybridized carbons (Fsp3) is 0.296. The molecule has 1 fully saturated rings. The summed E-state index contributed by atoms with van der Waals surface area (Å²) in [6.45, 7) is 6.28. The molecule has 0 spiro atoms. The van der Waals surface area contributed by atoms with Gasteiger partial charge in [0.1, 0.15) is 5.75 Å². The lowest BCUT2D eigenvalue weighted by atomic mass is 10.1. The van der Waals surface area contributed by atoms with Crippen molar-refractivity contribution in [2.75, 3.05) is 37.7 Å². The molecule has 7 nitrogen and oxygen atoms in total. The fourth-order valence-electron chi connectivity index (χ4n) is 4.44. The molecule has 0 saturated carbocycles. The molecule has 3 heterocycles. The van der Waals surface area contributed by atoms with Gasteiger partial charge in [-0.2, -0.15) is 0 Å². The number of nitrogens with zero attached hydrogens (tertiary/aromatic N) is 4. The van der Waals surface area contributed by atoms with Crippen molar-refractivity contribution >= 4 is 40.0 Å². The van der Waals surface area contributed by atoms with Crippen LogP contribution in [-0.4, -0.2) is 59.4 Å². The number of piperazine rings is 1. The summed E-state index contributed by atoms with van der Waals surface area (Å²) in [7, 11) is 0. The maximum Gasteiger partial charge on any atom is 0.246 e. The van der Waals surface area contributed by atoms with Gasteiger partial charge in [-0.25, -0.2) is 4.98 Å². The Kier molecular flexibility index (Phi) is 6.92. The second-order valence-electron chi connectivity index (χ2n) is 8.72. The van der Waals surface area contributed by atoms with Gasteiger partial charge in [-0.3, -0.25) is 19.4 Å². The number of ether oxygens (including phenoxy) is 1. The molecule has 0 unspecified atom stereocenters. The second-order valence-corrected chi connectivity index (χ2v) is 9.56. The number of carbonyl (C=O) groups excluding carboxylic acids is 2. The van der Waals surface area contributed by atoms with Gasteiger partial charge in [0, 0.05) is 57.5 Å². The van der Waals surface area contributed by atoms with E-state index in [-0.39, 0.29) is 11.8 Å². The van der Waals surface area contributed by atoms with Crippen LogP contribution in [0.3, 0.4) is 0 Å². The van der Waals surface area contributed by atoms with E-state index in [1.54, 1.807) is 17.1 Å². The van der Waals surface area contributed by atoms with Crippen molar-refractivity contribution in [1.29, 1.82) is 0 Å². The third kappa shape index (κ3) is 5.44. The van der Waals surface area contributed by atoms with Gasteiger partial charge in [0.05, 0.1) is 18.0 Å². The first kappa shape index (κ1) is 23.3. The first-order valence-corrected chi connectivity index (χ1v) is 12.7. The molecule has 8 heteroatoms. The number of carbonyl (C=O) groups is 2. The first-order chi connectivity index (χ1) is 17.1. The Morgan fingerprint density at radius 3 is 2.69 bits per heavy atom. The number of para-hydroxylation sites is 1. The van der Waals surface area contributed by atoms with Crippen molar-refractivity contribution in [3.8, 4) is 5.75 Å². The average Bonchev–Trinajstić information content (AvgIpc) is 3.53. The molecular weight excluding hydrogens is 460 g/mol. The van der Waals surface area contributed by atoms with Gasteiger partial charge < -0.3 is 9.64 Å². The summed E-state index contributed by atoms with van der Waals surface area (Å²) in [6, 6.07) is 15.9. The third-order valence-electron chi connectivity index (χ3n) is 6.27. The molecule has 5 rings (SSSR count). The lowest BCUT2D eigenvalue weighted by Crippen LogP contribution is -2.47. The van der Waals surface area contributed by atoms with Crippen LogP contribution >= 0.6 is 11.3 Å². The lowest BCUT2D eigenvalue weighted by Gasteiger charge is -2.34. The molecule has 2 aliphatic heterocycles. The fourth-order valence-corrected chi connectivity index (χ4v) is 5.30. The number of hydrogen-bond acceptors (Lipinski definition) is 6. The maximum atomic E-state index is 12.8. The normalized spacial score (nSPS) is 15.7. The monoisotopic (exact) mass is 488 g/mol. The Labute approximate surface area is 209 Å². The maximum absolute atomic E-state index is 12.8. The van der Waals surface area contributed by atoms with Crippen LogP contribution in [0.25, 0.3) is 6.08 Å². The Bertz CT molecular complexity index is 1230. The highest BCUT2D eigenvalue weighted by Crippen LogP contribution is 2.29. The van der Waals surface area contributed by atoms with E-state index < -0.39 is 0 Å². The molecule has 2 amide bonds. The molecule has 1 saturated heterocycles. The van der Waals surface area contributed by atoms with Gasteiger partial charge >= 0.3 is 0 Å². The zero-order chi connectivity index (χ0) is 24.2. The molecule has 0 radical (unpaired) electrons. The van der Waals surface area contributed by atoms with E-state index in [0.29, 0.717) is 23.9 Å². The van der Waals surface area contributed by atoms with Crippen LogP contribution in [0.1, 0.15) is 23.7 Å². The highest BCUT2D eigenvalue weighted by Gasteiger charge is 2.21. The highest BCUT2D eigenvalue weighted by atomic mass is 32.1. The van der Waals surface area contributed by atoms with Gasteiger partial charge in [0.15, 0.2) is 5.13 Å². The summed E-state index contributed by atoms with van der Waals surface area (Å²) in [4.78, 5) is 35.4. The van der Waals surface area contributed by atoms with E-state index >= 15 is 0 Å². The van der Waals surface area contributed by atoms with Crippen molar-refractivity contribution in [3.63, 3.8) is 0 Å². The van der Waals surface area contributed by atoms with E-state index in [2.05, 4.69) is 28.1 Å². The quantitative estimate of drug-likeness (QED) is 0.489. The number of benzene rings is 2. The smallest absolute Gasteiger partial charge is 0.246 e. The van der Waals surface area contributed by atoms with E-state index in [4.69, 9.17) is 4.74 Å². The number of aromatic nitrogens is 1. The Hall–Kier alpha value is -3.49. The van der Waals surface area contributed by atoms with Crippen molar-refractivity contribution in [2.45, 2.75) is 19.9 Å².